The van der Waals surface area contributed by atoms with E-state index in [-0.39, 0.29) is 5.91 Å². The van der Waals surface area contributed by atoms with Gasteiger partial charge in [0.05, 0.1) is 5.56 Å². The van der Waals surface area contributed by atoms with Gasteiger partial charge in [-0.25, -0.2) is 0 Å². The van der Waals surface area contributed by atoms with E-state index < -0.39 is 0 Å². The van der Waals surface area contributed by atoms with Crippen molar-refractivity contribution in [2.24, 2.45) is 11.8 Å². The average Bonchev–Trinajstić information content (AvgIpc) is 2.42. The summed E-state index contributed by atoms with van der Waals surface area (Å²) in [7, 11) is 1.86. The number of hydrogen-bond acceptors (Lipinski definition) is 2. The van der Waals surface area contributed by atoms with Crippen LogP contribution in [0.4, 0.5) is 5.69 Å². The van der Waals surface area contributed by atoms with Crippen molar-refractivity contribution in [2.75, 3.05) is 18.9 Å². The maximum absolute atomic E-state index is 12.8. The number of piperidine rings is 1. The fourth-order valence-corrected chi connectivity index (χ4v) is 3.03. The van der Waals surface area contributed by atoms with Crippen LogP contribution in [-0.2, 0) is 0 Å². The van der Waals surface area contributed by atoms with Crippen molar-refractivity contribution in [2.45, 2.75) is 33.2 Å². The lowest BCUT2D eigenvalue weighted by molar-refractivity contribution is 0.0456. The van der Waals surface area contributed by atoms with Crippen LogP contribution < -0.4 is 5.32 Å². The topological polar surface area (TPSA) is 32.3 Å². The summed E-state index contributed by atoms with van der Waals surface area (Å²) in [5.41, 5.74) is 1.68. The highest BCUT2D eigenvalue weighted by Crippen LogP contribution is 2.29. The molecule has 0 aromatic heterocycles. The van der Waals surface area contributed by atoms with Gasteiger partial charge in [0.2, 0.25) is 0 Å². The molecule has 0 aliphatic carbocycles. The van der Waals surface area contributed by atoms with Crippen LogP contribution in [0.25, 0.3) is 0 Å². The standard InChI is InChI=1S/C16H24N2O/c1-11-9-12(2)13(3)18(10-11)16(19)14-7-5-6-8-15(14)17-4/h5-8,11-13,17H,9-10H2,1-4H3. The maximum atomic E-state index is 12.8. The molecular formula is C16H24N2O. The molecule has 3 atom stereocenters. The minimum absolute atomic E-state index is 0.149. The fraction of sp³-hybridized carbons (Fsp3) is 0.562. The van der Waals surface area contributed by atoms with E-state index in [0.717, 1.165) is 17.8 Å². The minimum Gasteiger partial charge on any atom is -0.387 e. The first-order valence-electron chi connectivity index (χ1n) is 7.12. The molecule has 3 unspecified atom stereocenters. The molecule has 1 N–H and O–H groups in total. The van der Waals surface area contributed by atoms with Crippen molar-refractivity contribution in [1.82, 2.24) is 4.90 Å². The highest BCUT2D eigenvalue weighted by molar-refractivity contribution is 5.99. The molecule has 1 amide bonds. The van der Waals surface area contributed by atoms with Crippen molar-refractivity contribution in [3.05, 3.63) is 29.8 Å². The molecule has 1 aliphatic rings. The second kappa shape index (κ2) is 5.64. The fourth-order valence-electron chi connectivity index (χ4n) is 3.03. The number of benzene rings is 1. The van der Waals surface area contributed by atoms with Gasteiger partial charge in [-0.2, -0.15) is 0 Å². The molecule has 1 saturated heterocycles. The molecule has 0 bridgehead atoms. The van der Waals surface area contributed by atoms with Crippen molar-refractivity contribution in [3.8, 4) is 0 Å². The van der Waals surface area contributed by atoms with Crippen LogP contribution >= 0.6 is 0 Å². The molecule has 1 aromatic rings. The van der Waals surface area contributed by atoms with E-state index in [1.54, 1.807) is 0 Å². The van der Waals surface area contributed by atoms with Gasteiger partial charge in [0.1, 0.15) is 0 Å². The van der Waals surface area contributed by atoms with Crippen molar-refractivity contribution >= 4 is 11.6 Å². The number of nitrogens with one attached hydrogen (secondary N) is 1. The summed E-state index contributed by atoms with van der Waals surface area (Å²) in [4.78, 5) is 14.8. The Labute approximate surface area is 116 Å². The van der Waals surface area contributed by atoms with Gasteiger partial charge in [0.15, 0.2) is 0 Å². The third-order valence-electron chi connectivity index (χ3n) is 4.29. The summed E-state index contributed by atoms with van der Waals surface area (Å²) < 4.78 is 0. The molecule has 19 heavy (non-hydrogen) atoms. The third-order valence-corrected chi connectivity index (χ3v) is 4.29. The Balaban J connectivity index is 2.27. The predicted octanol–water partition coefficient (Wildman–Crippen LogP) is 3.23. The summed E-state index contributed by atoms with van der Waals surface area (Å²) in [5.74, 6) is 1.29. The lowest BCUT2D eigenvalue weighted by Gasteiger charge is -2.41. The monoisotopic (exact) mass is 260 g/mol. The van der Waals surface area contributed by atoms with Crippen LogP contribution in [0.2, 0.25) is 0 Å². The zero-order chi connectivity index (χ0) is 14.0. The molecule has 1 aliphatic heterocycles. The van der Waals surface area contributed by atoms with E-state index >= 15 is 0 Å². The molecule has 2 rings (SSSR count). The van der Waals surface area contributed by atoms with Crippen LogP contribution in [0.15, 0.2) is 24.3 Å². The Kier molecular flexibility index (Phi) is 4.13. The second-order valence-corrected chi connectivity index (χ2v) is 5.81. The van der Waals surface area contributed by atoms with Crippen LogP contribution in [-0.4, -0.2) is 30.4 Å². The molecule has 1 heterocycles. The minimum atomic E-state index is 0.149. The molecule has 1 fully saturated rings. The van der Waals surface area contributed by atoms with Crippen LogP contribution in [0.1, 0.15) is 37.6 Å². The maximum Gasteiger partial charge on any atom is 0.256 e. The lowest BCUT2D eigenvalue weighted by Crippen LogP contribution is -2.48. The van der Waals surface area contributed by atoms with Crippen LogP contribution in [0, 0.1) is 11.8 Å². The van der Waals surface area contributed by atoms with E-state index in [1.807, 2.05) is 36.2 Å². The van der Waals surface area contributed by atoms with Crippen molar-refractivity contribution in [1.29, 1.82) is 0 Å². The van der Waals surface area contributed by atoms with Gasteiger partial charge in [-0.15, -0.1) is 0 Å². The summed E-state index contributed by atoms with van der Waals surface area (Å²) in [6.45, 7) is 7.50. The molecule has 0 saturated carbocycles. The molecular weight excluding hydrogens is 236 g/mol. The SMILES string of the molecule is CNc1ccccc1C(=O)N1CC(C)CC(C)C1C. The number of hydrogen-bond donors (Lipinski definition) is 1. The molecule has 3 heteroatoms. The zero-order valence-electron chi connectivity index (χ0n) is 12.3. The number of rotatable bonds is 2. The number of carbonyl (C=O) groups excluding carboxylic acids is 1. The Bertz CT molecular complexity index is 458. The molecule has 0 radical (unpaired) electrons. The largest absolute Gasteiger partial charge is 0.387 e. The van der Waals surface area contributed by atoms with Crippen molar-refractivity contribution < 1.29 is 4.79 Å². The van der Waals surface area contributed by atoms with E-state index in [2.05, 4.69) is 26.1 Å². The summed E-state index contributed by atoms with van der Waals surface area (Å²) in [6, 6.07) is 8.05. The normalized spacial score (nSPS) is 27.2. The Morgan fingerprint density at radius 2 is 1.95 bits per heavy atom. The van der Waals surface area contributed by atoms with Gasteiger partial charge in [-0.05, 0) is 37.3 Å². The Hall–Kier alpha value is -1.51. The highest BCUT2D eigenvalue weighted by atomic mass is 16.2. The Morgan fingerprint density at radius 1 is 1.26 bits per heavy atom. The Morgan fingerprint density at radius 3 is 2.63 bits per heavy atom. The van der Waals surface area contributed by atoms with E-state index in [0.29, 0.717) is 17.9 Å². The van der Waals surface area contributed by atoms with E-state index in [1.165, 1.54) is 6.42 Å². The number of carbonyl (C=O) groups is 1. The molecule has 104 valence electrons. The second-order valence-electron chi connectivity index (χ2n) is 5.81. The summed E-state index contributed by atoms with van der Waals surface area (Å²) >= 11 is 0. The molecule has 0 spiro atoms. The first-order chi connectivity index (χ1) is 9.04. The van der Waals surface area contributed by atoms with Gasteiger partial charge < -0.3 is 10.2 Å². The van der Waals surface area contributed by atoms with Gasteiger partial charge in [-0.1, -0.05) is 26.0 Å². The summed E-state index contributed by atoms with van der Waals surface area (Å²) in [6.07, 6.45) is 1.21. The number of anilines is 1. The van der Waals surface area contributed by atoms with Gasteiger partial charge >= 0.3 is 0 Å². The van der Waals surface area contributed by atoms with Gasteiger partial charge in [0.25, 0.3) is 5.91 Å². The highest BCUT2D eigenvalue weighted by Gasteiger charge is 2.32. The first-order valence-corrected chi connectivity index (χ1v) is 7.12. The molecule has 3 nitrogen and oxygen atoms in total. The first kappa shape index (κ1) is 13.9. The van der Waals surface area contributed by atoms with E-state index in [4.69, 9.17) is 0 Å². The van der Waals surface area contributed by atoms with E-state index in [9.17, 15) is 4.79 Å². The van der Waals surface area contributed by atoms with Crippen molar-refractivity contribution in [3.63, 3.8) is 0 Å². The number of nitrogens with zero attached hydrogens (tertiary/aromatic N) is 1. The number of likely N-dealkylation sites (tertiary alicyclic amines) is 1. The third kappa shape index (κ3) is 2.75. The van der Waals surface area contributed by atoms with Crippen LogP contribution in [0.3, 0.4) is 0 Å². The summed E-state index contributed by atoms with van der Waals surface area (Å²) in [5, 5.41) is 3.11. The number of para-hydroxylation sites is 1. The predicted molar refractivity (Wildman–Crippen MR) is 79.4 cm³/mol. The number of amides is 1. The van der Waals surface area contributed by atoms with Crippen LogP contribution in [0.5, 0.6) is 0 Å². The average molecular weight is 260 g/mol. The van der Waals surface area contributed by atoms with Gasteiger partial charge in [-0.3, -0.25) is 4.79 Å². The lowest BCUT2D eigenvalue weighted by atomic mass is 9.85. The van der Waals surface area contributed by atoms with Gasteiger partial charge in [0, 0.05) is 25.3 Å². The molecule has 1 aromatic carbocycles. The smallest absolute Gasteiger partial charge is 0.256 e. The zero-order valence-corrected chi connectivity index (χ0v) is 12.3. The quantitative estimate of drug-likeness (QED) is 0.885.